The summed E-state index contributed by atoms with van der Waals surface area (Å²) in [4.78, 5) is 34.3. The van der Waals surface area contributed by atoms with E-state index in [0.717, 1.165) is 117 Å². The van der Waals surface area contributed by atoms with Gasteiger partial charge in [0.25, 0.3) is 10.4 Å². The van der Waals surface area contributed by atoms with Crippen molar-refractivity contribution in [2.45, 2.75) is 61.5 Å². The molecular weight excluding hydrogens is 1110 g/mol. The second kappa shape index (κ2) is 24.9. The van der Waals surface area contributed by atoms with Gasteiger partial charge in [-0.15, -0.1) is 0 Å². The van der Waals surface area contributed by atoms with Crippen molar-refractivity contribution in [3.05, 3.63) is 138 Å². The summed E-state index contributed by atoms with van der Waals surface area (Å²) >= 11 is 6.34. The highest BCUT2D eigenvalue weighted by Crippen LogP contribution is 2.34. The Morgan fingerprint density at radius 2 is 1.05 bits per heavy atom. The average molecular weight is 1170 g/mol. The Morgan fingerprint density at radius 1 is 0.618 bits per heavy atom. The van der Waals surface area contributed by atoms with Gasteiger partial charge in [0.2, 0.25) is 0 Å². The van der Waals surface area contributed by atoms with E-state index in [2.05, 4.69) is 95.9 Å². The zero-order valence-corrected chi connectivity index (χ0v) is 47.3. The van der Waals surface area contributed by atoms with Crippen molar-refractivity contribution in [1.29, 1.82) is 0 Å². The smallest absolute Gasteiger partial charge is 0.467 e. The molecule has 0 spiro atoms. The van der Waals surface area contributed by atoms with Crippen molar-refractivity contribution in [3.8, 4) is 21.6 Å². The number of benzene rings is 2. The van der Waals surface area contributed by atoms with Crippen molar-refractivity contribution in [2.75, 3.05) is 48.5 Å². The minimum absolute atomic E-state index is 0.0480. The van der Waals surface area contributed by atoms with Crippen molar-refractivity contribution in [1.82, 2.24) is 29.9 Å². The number of sulfone groups is 2. The first kappa shape index (κ1) is 56.1. The molecule has 16 nitrogen and oxygen atoms in total. The molecule has 76 heavy (non-hydrogen) atoms. The molecule has 0 radical (unpaired) electrons. The van der Waals surface area contributed by atoms with Gasteiger partial charge in [-0.1, -0.05) is 72.2 Å². The molecule has 8 heterocycles. The third-order valence-electron chi connectivity index (χ3n) is 13.3. The Hall–Kier alpha value is -6.14. The Labute approximate surface area is 460 Å². The first-order chi connectivity index (χ1) is 36.3. The van der Waals surface area contributed by atoms with Crippen LogP contribution in [0.3, 0.4) is 0 Å². The van der Waals surface area contributed by atoms with E-state index in [1.54, 1.807) is 30.3 Å². The van der Waals surface area contributed by atoms with Gasteiger partial charge in [0.05, 0.1) is 15.5 Å². The van der Waals surface area contributed by atoms with Crippen LogP contribution in [0.2, 0.25) is 0 Å². The number of hydrogen-bond acceptors (Lipinski definition) is 18. The molecule has 2 N–H and O–H groups in total. The number of rotatable bonds is 14. The van der Waals surface area contributed by atoms with Gasteiger partial charge in [-0.3, -0.25) is 0 Å². The summed E-state index contributed by atoms with van der Waals surface area (Å²) in [6, 6.07) is 28.1. The number of fused-ring (bicyclic) bond motifs is 2. The Bertz CT molecular complexity index is 3480. The minimum atomic E-state index is -3.23. The van der Waals surface area contributed by atoms with Gasteiger partial charge in [0.1, 0.15) is 49.1 Å². The monoisotopic (exact) mass is 1160 g/mol. The number of thiazole rings is 2. The number of nitrogens with zero attached hydrogens (tertiary/aromatic N) is 8. The van der Waals surface area contributed by atoms with Crippen LogP contribution in [-0.4, -0.2) is 115 Å². The lowest BCUT2D eigenvalue weighted by Gasteiger charge is -2.35. The summed E-state index contributed by atoms with van der Waals surface area (Å²) in [6.45, 7) is 15.7. The highest BCUT2D eigenvalue weighted by molar-refractivity contribution is 9.10. The molecule has 2 fully saturated rings. The highest BCUT2D eigenvalue weighted by Gasteiger charge is 2.28. The standard InChI is InChI=1S/C27H28N4O3S2.C20H21BrN4OS.C7H9BO4S/c1-4-19-5-12-25(28-17-19)31-15-13-20(14-16-31)18(2)34-27-30-24-11-10-23(29-26(24)35-27)21-6-8-22(9-7-21)36(3,32)33;1-3-14-4-7-18(22-12-14)25-10-8-15(9-11-25)13(2)26-20-23-16-5-6-17(21)24-19(16)27-20;1-13(11,12)7-4-2-6(3-5-7)8(9)10/h4-12,17-18,20H,1,13-16H2,2-3H3;3-7,12-13,15H,1,8-11H2,2H3;2-5,9-10H,1H3. The summed E-state index contributed by atoms with van der Waals surface area (Å²) in [5, 5.41) is 18.8. The zero-order valence-electron chi connectivity index (χ0n) is 42.4. The number of piperidine rings is 2. The summed E-state index contributed by atoms with van der Waals surface area (Å²) in [5.41, 5.74) is 5.65. The van der Waals surface area contributed by atoms with E-state index in [9.17, 15) is 16.8 Å². The zero-order chi connectivity index (χ0) is 54.1. The number of pyridine rings is 4. The fourth-order valence-corrected chi connectivity index (χ4v) is 12.1. The molecule has 2 aliphatic rings. The van der Waals surface area contributed by atoms with Crippen LogP contribution in [0.25, 0.3) is 44.1 Å². The molecule has 396 valence electrons. The lowest BCUT2D eigenvalue weighted by molar-refractivity contribution is 0.132. The fraction of sp³-hybridized carbons (Fsp3) is 0.296. The van der Waals surface area contributed by atoms with E-state index in [1.807, 2.05) is 48.8 Å². The second-order valence-corrected chi connectivity index (χ2v) is 25.3. The van der Waals surface area contributed by atoms with E-state index in [0.29, 0.717) is 27.1 Å². The van der Waals surface area contributed by atoms with E-state index < -0.39 is 26.8 Å². The van der Waals surface area contributed by atoms with Gasteiger partial charge in [-0.05, 0) is 157 Å². The largest absolute Gasteiger partial charge is 0.488 e. The van der Waals surface area contributed by atoms with Crippen LogP contribution < -0.4 is 24.7 Å². The van der Waals surface area contributed by atoms with E-state index in [4.69, 9.17) is 24.5 Å². The highest BCUT2D eigenvalue weighted by atomic mass is 79.9. The summed E-state index contributed by atoms with van der Waals surface area (Å²) < 4.78 is 58.7. The molecular formula is C54H58BBrN8O8S4. The summed E-state index contributed by atoms with van der Waals surface area (Å²) in [6.07, 6.45) is 14.1. The Balaban J connectivity index is 0.000000168. The van der Waals surface area contributed by atoms with Crippen molar-refractivity contribution in [3.63, 3.8) is 0 Å². The van der Waals surface area contributed by atoms with Gasteiger partial charge in [0, 0.05) is 56.6 Å². The first-order valence-electron chi connectivity index (χ1n) is 24.5. The van der Waals surface area contributed by atoms with Crippen LogP contribution in [0.1, 0.15) is 50.7 Å². The average Bonchev–Trinajstić information content (AvgIpc) is 4.03. The second-order valence-electron chi connectivity index (χ2n) is 18.6. The molecule has 0 bridgehead atoms. The van der Waals surface area contributed by atoms with Crippen molar-refractivity contribution in [2.24, 2.45) is 11.8 Å². The SMILES string of the molecule is C=Cc1ccc(N2CCC(C(C)Oc3nc4ccc(-c5ccc(S(C)(=O)=O)cc5)nc4s3)CC2)nc1.C=Cc1ccc(N2CCC(C(C)Oc3nc4ccc(Br)nc4s3)CC2)nc1.CS(=O)(=O)c1ccc(B(O)O)cc1. The lowest BCUT2D eigenvalue weighted by Crippen LogP contribution is -2.39. The third kappa shape index (κ3) is 14.7. The molecule has 22 heteroatoms. The number of ether oxygens (including phenoxy) is 2. The predicted octanol–water partition coefficient (Wildman–Crippen LogP) is 9.43. The Kier molecular flexibility index (Phi) is 18.4. The van der Waals surface area contributed by atoms with Crippen molar-refractivity contribution < 1.29 is 36.4 Å². The van der Waals surface area contributed by atoms with Gasteiger partial charge in [0.15, 0.2) is 19.7 Å². The Morgan fingerprint density at radius 3 is 1.46 bits per heavy atom. The number of anilines is 2. The number of hydrogen-bond donors (Lipinski definition) is 2. The summed E-state index contributed by atoms with van der Waals surface area (Å²) in [5.74, 6) is 3.00. The molecule has 2 saturated heterocycles. The quantitative estimate of drug-likeness (QED) is 0.0767. The van der Waals surface area contributed by atoms with Crippen LogP contribution >= 0.6 is 38.6 Å². The number of halogens is 1. The predicted molar refractivity (Wildman–Crippen MR) is 309 cm³/mol. The van der Waals surface area contributed by atoms with E-state index in [1.165, 1.54) is 53.2 Å². The maximum absolute atomic E-state index is 11.7. The van der Waals surface area contributed by atoms with Gasteiger partial charge >= 0.3 is 7.12 Å². The van der Waals surface area contributed by atoms with Crippen LogP contribution in [0.15, 0.2) is 137 Å². The molecule has 2 aromatic carbocycles. The third-order valence-corrected chi connectivity index (χ3v) is 17.7. The van der Waals surface area contributed by atoms with Gasteiger partial charge in [-0.25, -0.2) is 46.7 Å². The molecule has 10 rings (SSSR count). The van der Waals surface area contributed by atoms with Crippen LogP contribution in [-0.2, 0) is 19.7 Å². The lowest BCUT2D eigenvalue weighted by atomic mass is 9.81. The first-order valence-corrected chi connectivity index (χ1v) is 30.7. The minimum Gasteiger partial charge on any atom is -0.467 e. The molecule has 6 aromatic heterocycles. The fourth-order valence-electron chi connectivity index (χ4n) is 8.71. The summed E-state index contributed by atoms with van der Waals surface area (Å²) in [7, 11) is -8.00. The maximum Gasteiger partial charge on any atom is 0.488 e. The van der Waals surface area contributed by atoms with Gasteiger partial charge < -0.3 is 29.3 Å². The van der Waals surface area contributed by atoms with Gasteiger partial charge in [-0.2, -0.15) is 0 Å². The maximum atomic E-state index is 11.7. The van der Waals surface area contributed by atoms with Crippen LogP contribution in [0.5, 0.6) is 10.4 Å². The van der Waals surface area contributed by atoms with Crippen LogP contribution in [0, 0.1) is 11.8 Å². The molecule has 2 atom stereocenters. The van der Waals surface area contributed by atoms with E-state index >= 15 is 0 Å². The number of aromatic nitrogens is 6. The van der Waals surface area contributed by atoms with E-state index in [-0.39, 0.29) is 22.6 Å². The molecule has 0 amide bonds. The normalized spacial score (nSPS) is 15.2. The van der Waals surface area contributed by atoms with Crippen molar-refractivity contribution >= 4 is 115 Å². The molecule has 0 saturated carbocycles. The molecule has 2 aliphatic heterocycles. The van der Waals surface area contributed by atoms with Crippen LogP contribution in [0.4, 0.5) is 11.6 Å². The molecule has 0 aliphatic carbocycles. The molecule has 8 aromatic rings. The topological polar surface area (TPSA) is 211 Å². The molecule has 2 unspecified atom stereocenters.